The average molecular weight is 338 g/mol. The maximum atomic E-state index is 13.8. The quantitative estimate of drug-likeness (QED) is 0.774. The third kappa shape index (κ3) is 3.39. The summed E-state index contributed by atoms with van der Waals surface area (Å²) in [4.78, 5) is 14.7. The van der Waals surface area contributed by atoms with Crippen molar-refractivity contribution in [2.24, 2.45) is 5.73 Å². The topological polar surface area (TPSA) is 128 Å². The van der Waals surface area contributed by atoms with Crippen LogP contribution in [0.5, 0.6) is 0 Å². The van der Waals surface area contributed by atoms with Crippen LogP contribution in [0.1, 0.15) is 21.5 Å². The first-order valence-electron chi connectivity index (χ1n) is 6.46. The van der Waals surface area contributed by atoms with Gasteiger partial charge in [-0.15, -0.1) is 0 Å². The average Bonchev–Trinajstić information content (AvgIpc) is 2.45. The number of hydrogen-bond acceptors (Lipinski definition) is 5. The van der Waals surface area contributed by atoms with Crippen molar-refractivity contribution in [2.75, 3.05) is 10.5 Å². The number of nitrogens with zero attached hydrogens (tertiary/aromatic N) is 1. The van der Waals surface area contributed by atoms with Crippen molar-refractivity contribution in [2.45, 2.75) is 18.7 Å². The molecular weight excluding hydrogens is 323 g/mol. The number of aryl methyl sites for hydroxylation is 1. The highest BCUT2D eigenvalue weighted by atomic mass is 32.2. The van der Waals surface area contributed by atoms with Crippen LogP contribution in [0.25, 0.3) is 0 Å². The van der Waals surface area contributed by atoms with Crippen molar-refractivity contribution in [1.82, 2.24) is 4.98 Å². The van der Waals surface area contributed by atoms with Gasteiger partial charge in [0, 0.05) is 17.3 Å². The summed E-state index contributed by atoms with van der Waals surface area (Å²) >= 11 is 0. The van der Waals surface area contributed by atoms with E-state index in [1.807, 2.05) is 0 Å². The molecule has 122 valence electrons. The van der Waals surface area contributed by atoms with Crippen LogP contribution in [0.4, 0.5) is 15.9 Å². The lowest BCUT2D eigenvalue weighted by Gasteiger charge is -2.13. The standard InChI is InChI=1S/C14H15FN4O3S/c1-7-3-12(13(16)18-6-7)23(21,22)19-11-5-9(14(17)20)4-10(15)8(11)2/h3-6,19H,1-2H3,(H2,16,18)(H2,17,20). The highest BCUT2D eigenvalue weighted by Gasteiger charge is 2.21. The van der Waals surface area contributed by atoms with Gasteiger partial charge in [-0.1, -0.05) is 0 Å². The Morgan fingerprint density at radius 1 is 1.26 bits per heavy atom. The van der Waals surface area contributed by atoms with E-state index >= 15 is 0 Å². The van der Waals surface area contributed by atoms with Gasteiger partial charge in [-0.3, -0.25) is 9.52 Å². The van der Waals surface area contributed by atoms with Gasteiger partial charge in [0.15, 0.2) is 0 Å². The number of sulfonamides is 1. The van der Waals surface area contributed by atoms with Crippen molar-refractivity contribution >= 4 is 27.4 Å². The zero-order valence-electron chi connectivity index (χ0n) is 12.4. The Kier molecular flexibility index (Phi) is 4.24. The Hall–Kier alpha value is -2.68. The van der Waals surface area contributed by atoms with Gasteiger partial charge in [0.1, 0.15) is 16.5 Å². The van der Waals surface area contributed by atoms with Gasteiger partial charge in [0.2, 0.25) is 5.91 Å². The molecule has 0 aliphatic heterocycles. The Bertz CT molecular complexity index is 897. The fourth-order valence-electron chi connectivity index (χ4n) is 1.90. The summed E-state index contributed by atoms with van der Waals surface area (Å²) in [5, 5.41) is 0. The molecule has 1 aromatic heterocycles. The molecule has 0 aliphatic rings. The number of aromatic nitrogens is 1. The number of benzene rings is 1. The SMILES string of the molecule is Cc1cnc(N)c(S(=O)(=O)Nc2cc(C(N)=O)cc(F)c2C)c1. The number of anilines is 2. The number of nitrogens with two attached hydrogens (primary N) is 2. The van der Waals surface area contributed by atoms with E-state index in [4.69, 9.17) is 11.5 Å². The van der Waals surface area contributed by atoms with E-state index in [1.165, 1.54) is 19.2 Å². The second-order valence-corrected chi connectivity index (χ2v) is 6.65. The molecule has 1 aromatic carbocycles. The first-order chi connectivity index (χ1) is 10.6. The molecule has 0 spiro atoms. The minimum Gasteiger partial charge on any atom is -0.383 e. The monoisotopic (exact) mass is 338 g/mol. The van der Waals surface area contributed by atoms with E-state index in [2.05, 4.69) is 9.71 Å². The van der Waals surface area contributed by atoms with Gasteiger partial charge in [-0.2, -0.15) is 0 Å². The molecule has 0 saturated heterocycles. The molecule has 0 aliphatic carbocycles. The Morgan fingerprint density at radius 2 is 1.91 bits per heavy atom. The van der Waals surface area contributed by atoms with E-state index in [1.54, 1.807) is 6.92 Å². The first kappa shape index (κ1) is 16.7. The molecular formula is C14H15FN4O3S. The van der Waals surface area contributed by atoms with Crippen LogP contribution >= 0.6 is 0 Å². The van der Waals surface area contributed by atoms with E-state index in [9.17, 15) is 17.6 Å². The number of carbonyl (C=O) groups excluding carboxylic acids is 1. The highest BCUT2D eigenvalue weighted by molar-refractivity contribution is 7.92. The smallest absolute Gasteiger partial charge is 0.265 e. The van der Waals surface area contributed by atoms with Crippen LogP contribution < -0.4 is 16.2 Å². The number of carbonyl (C=O) groups is 1. The highest BCUT2D eigenvalue weighted by Crippen LogP contribution is 2.25. The number of nitrogens with one attached hydrogen (secondary N) is 1. The van der Waals surface area contributed by atoms with Crippen LogP contribution in [-0.2, 0) is 10.0 Å². The summed E-state index contributed by atoms with van der Waals surface area (Å²) in [7, 11) is -4.10. The maximum Gasteiger partial charge on any atom is 0.265 e. The van der Waals surface area contributed by atoms with E-state index < -0.39 is 21.7 Å². The zero-order chi connectivity index (χ0) is 17.4. The van der Waals surface area contributed by atoms with Crippen molar-refractivity contribution < 1.29 is 17.6 Å². The summed E-state index contributed by atoms with van der Waals surface area (Å²) in [6.45, 7) is 3.03. The Morgan fingerprint density at radius 3 is 2.52 bits per heavy atom. The van der Waals surface area contributed by atoms with Crippen molar-refractivity contribution in [3.8, 4) is 0 Å². The zero-order valence-corrected chi connectivity index (χ0v) is 13.2. The molecule has 1 amide bonds. The van der Waals surface area contributed by atoms with Gasteiger partial charge < -0.3 is 11.5 Å². The van der Waals surface area contributed by atoms with Crippen LogP contribution in [0, 0.1) is 19.7 Å². The lowest BCUT2D eigenvalue weighted by molar-refractivity contribution is 0.1000. The van der Waals surface area contributed by atoms with E-state index in [0.29, 0.717) is 5.56 Å². The molecule has 2 rings (SSSR count). The van der Waals surface area contributed by atoms with Crippen LogP contribution in [-0.4, -0.2) is 19.3 Å². The number of primary amides is 1. The number of amides is 1. The number of rotatable bonds is 4. The minimum absolute atomic E-state index is 0.0257. The fraction of sp³-hybridized carbons (Fsp3) is 0.143. The number of pyridine rings is 1. The number of halogens is 1. The van der Waals surface area contributed by atoms with Gasteiger partial charge >= 0.3 is 0 Å². The summed E-state index contributed by atoms with van der Waals surface area (Å²) < 4.78 is 41.0. The third-order valence-electron chi connectivity index (χ3n) is 3.18. The molecule has 9 heteroatoms. The summed E-state index contributed by atoms with van der Waals surface area (Å²) in [5.74, 6) is -1.82. The maximum absolute atomic E-state index is 13.8. The van der Waals surface area contributed by atoms with Crippen molar-refractivity contribution in [3.05, 3.63) is 46.9 Å². The summed E-state index contributed by atoms with van der Waals surface area (Å²) in [5.41, 5.74) is 11.1. The minimum atomic E-state index is -4.10. The fourth-order valence-corrected chi connectivity index (χ4v) is 3.18. The van der Waals surface area contributed by atoms with E-state index in [-0.39, 0.29) is 27.5 Å². The molecule has 0 radical (unpaired) electrons. The van der Waals surface area contributed by atoms with Crippen LogP contribution in [0.3, 0.4) is 0 Å². The molecule has 5 N–H and O–H groups in total. The molecule has 7 nitrogen and oxygen atoms in total. The Labute approximate surface area is 132 Å². The number of hydrogen-bond donors (Lipinski definition) is 3. The molecule has 0 fully saturated rings. The molecule has 0 atom stereocenters. The largest absolute Gasteiger partial charge is 0.383 e. The molecule has 23 heavy (non-hydrogen) atoms. The lowest BCUT2D eigenvalue weighted by Crippen LogP contribution is -2.18. The van der Waals surface area contributed by atoms with Crippen LogP contribution in [0.2, 0.25) is 0 Å². The lowest BCUT2D eigenvalue weighted by atomic mass is 10.1. The normalized spacial score (nSPS) is 11.3. The van der Waals surface area contributed by atoms with Gasteiger partial charge in [-0.05, 0) is 37.6 Å². The van der Waals surface area contributed by atoms with Gasteiger partial charge in [0.25, 0.3) is 10.0 Å². The summed E-state index contributed by atoms with van der Waals surface area (Å²) in [6, 6.07) is 3.45. The number of nitrogen functional groups attached to an aromatic ring is 1. The van der Waals surface area contributed by atoms with Crippen molar-refractivity contribution in [3.63, 3.8) is 0 Å². The van der Waals surface area contributed by atoms with Crippen molar-refractivity contribution in [1.29, 1.82) is 0 Å². The predicted octanol–water partition coefficient (Wildman–Crippen LogP) is 1.32. The predicted molar refractivity (Wildman–Crippen MR) is 83.8 cm³/mol. The first-order valence-corrected chi connectivity index (χ1v) is 7.95. The van der Waals surface area contributed by atoms with E-state index in [0.717, 1.165) is 12.1 Å². The molecule has 0 saturated carbocycles. The van der Waals surface area contributed by atoms with Crippen LogP contribution in [0.15, 0.2) is 29.3 Å². The summed E-state index contributed by atoms with van der Waals surface area (Å²) in [6.07, 6.45) is 1.42. The molecule has 2 aromatic rings. The third-order valence-corrected chi connectivity index (χ3v) is 4.58. The second-order valence-electron chi connectivity index (χ2n) is 5.00. The molecule has 0 bridgehead atoms. The Balaban J connectivity index is 2.53. The van der Waals surface area contributed by atoms with Gasteiger partial charge in [0.05, 0.1) is 5.69 Å². The van der Waals surface area contributed by atoms with Gasteiger partial charge in [-0.25, -0.2) is 17.8 Å². The second kappa shape index (κ2) is 5.84. The molecule has 1 heterocycles. The molecule has 0 unspecified atom stereocenters.